The summed E-state index contributed by atoms with van der Waals surface area (Å²) in [6, 6.07) is 3.55. The molecule has 3 heteroatoms. The molecule has 0 radical (unpaired) electrons. The average molecular weight is 164 g/mol. The molecule has 1 N–H and O–H groups in total. The third kappa shape index (κ3) is 2.88. The summed E-state index contributed by atoms with van der Waals surface area (Å²) in [6.45, 7) is 0. The summed E-state index contributed by atoms with van der Waals surface area (Å²) in [4.78, 5) is 10.0. The number of hydrogen-bond acceptors (Lipinski definition) is 2. The van der Waals surface area contributed by atoms with Crippen molar-refractivity contribution in [2.75, 3.05) is 0 Å². The van der Waals surface area contributed by atoms with Crippen LogP contribution in [0.5, 0.6) is 0 Å². The first-order valence-electron chi connectivity index (χ1n) is 3.40. The van der Waals surface area contributed by atoms with Gasteiger partial charge in [-0.25, -0.2) is 4.79 Å². The van der Waals surface area contributed by atoms with Gasteiger partial charge >= 0.3 is 5.97 Å². The number of allylic oxidation sites excluding steroid dienone is 2. The third-order valence-electron chi connectivity index (χ3n) is 1.15. The Morgan fingerprint density at radius 2 is 2.33 bits per heavy atom. The summed E-state index contributed by atoms with van der Waals surface area (Å²) in [5.41, 5.74) is 0. The Morgan fingerprint density at radius 3 is 2.92 bits per heavy atom. The molecule has 62 valence electrons. The molecule has 0 unspecified atom stereocenters. The molecule has 0 spiro atoms. The maximum Gasteiger partial charge on any atom is 0.328 e. The smallest absolute Gasteiger partial charge is 0.328 e. The van der Waals surface area contributed by atoms with Crippen LogP contribution in [0, 0.1) is 0 Å². The van der Waals surface area contributed by atoms with Crippen molar-refractivity contribution in [3.8, 4) is 0 Å². The summed E-state index contributed by atoms with van der Waals surface area (Å²) in [7, 11) is 0. The number of hydrogen-bond donors (Lipinski definition) is 1. The maximum atomic E-state index is 10.0. The second kappa shape index (κ2) is 4.18. The van der Waals surface area contributed by atoms with Gasteiger partial charge in [-0.3, -0.25) is 0 Å². The molecule has 1 rings (SSSR count). The van der Waals surface area contributed by atoms with Crippen molar-refractivity contribution in [3.05, 3.63) is 42.4 Å². The van der Waals surface area contributed by atoms with Crippen molar-refractivity contribution < 1.29 is 14.3 Å². The average Bonchev–Trinajstić information content (AvgIpc) is 2.49. The Morgan fingerprint density at radius 1 is 1.50 bits per heavy atom. The van der Waals surface area contributed by atoms with E-state index in [2.05, 4.69) is 0 Å². The Balaban J connectivity index is 2.47. The van der Waals surface area contributed by atoms with Crippen LogP contribution in [-0.2, 0) is 4.79 Å². The Kier molecular flexibility index (Phi) is 2.90. The minimum atomic E-state index is -0.959. The van der Waals surface area contributed by atoms with Crippen LogP contribution in [0.15, 0.2) is 41.0 Å². The normalized spacial score (nSPS) is 11.3. The number of carboxylic acid groups (broad SMARTS) is 1. The SMILES string of the molecule is O=C(O)/C=C/C=C/c1ccco1. The van der Waals surface area contributed by atoms with E-state index in [9.17, 15) is 4.79 Å². The summed E-state index contributed by atoms with van der Waals surface area (Å²) >= 11 is 0. The summed E-state index contributed by atoms with van der Waals surface area (Å²) in [6.07, 6.45) is 7.33. The fraction of sp³-hybridized carbons (Fsp3) is 0. The molecular formula is C9H8O3. The molecule has 0 aromatic carbocycles. The van der Waals surface area contributed by atoms with Gasteiger partial charge < -0.3 is 9.52 Å². The zero-order valence-electron chi connectivity index (χ0n) is 6.31. The minimum Gasteiger partial charge on any atom is -0.478 e. The molecule has 0 aliphatic rings. The molecule has 12 heavy (non-hydrogen) atoms. The van der Waals surface area contributed by atoms with Crippen LogP contribution in [0.4, 0.5) is 0 Å². The molecule has 0 aliphatic carbocycles. The van der Waals surface area contributed by atoms with Gasteiger partial charge in [-0.2, -0.15) is 0 Å². The van der Waals surface area contributed by atoms with E-state index in [1.54, 1.807) is 30.5 Å². The van der Waals surface area contributed by atoms with Gasteiger partial charge in [0.25, 0.3) is 0 Å². The summed E-state index contributed by atoms with van der Waals surface area (Å²) < 4.78 is 4.97. The monoisotopic (exact) mass is 164 g/mol. The highest BCUT2D eigenvalue weighted by atomic mass is 16.4. The standard InChI is InChI=1S/C9H8O3/c10-9(11)6-2-1-4-8-5-3-7-12-8/h1-7H,(H,10,11)/b4-1+,6-2+. The van der Waals surface area contributed by atoms with Crippen molar-refractivity contribution in [2.45, 2.75) is 0 Å². The van der Waals surface area contributed by atoms with Crippen molar-refractivity contribution >= 4 is 12.0 Å². The third-order valence-corrected chi connectivity index (χ3v) is 1.15. The molecule has 0 saturated carbocycles. The minimum absolute atomic E-state index is 0.699. The maximum absolute atomic E-state index is 10.0. The lowest BCUT2D eigenvalue weighted by Gasteiger charge is -1.79. The predicted molar refractivity (Wildman–Crippen MR) is 44.5 cm³/mol. The van der Waals surface area contributed by atoms with Crippen molar-refractivity contribution in [1.29, 1.82) is 0 Å². The van der Waals surface area contributed by atoms with Gasteiger partial charge in [-0.05, 0) is 18.2 Å². The zero-order chi connectivity index (χ0) is 8.81. The van der Waals surface area contributed by atoms with E-state index >= 15 is 0 Å². The molecule has 0 bridgehead atoms. The molecule has 3 nitrogen and oxygen atoms in total. The molecular weight excluding hydrogens is 156 g/mol. The Hall–Kier alpha value is -1.77. The number of carbonyl (C=O) groups is 1. The summed E-state index contributed by atoms with van der Waals surface area (Å²) in [5, 5.41) is 8.23. The van der Waals surface area contributed by atoms with Gasteiger partial charge in [0.05, 0.1) is 6.26 Å². The van der Waals surface area contributed by atoms with Gasteiger partial charge in [-0.1, -0.05) is 12.2 Å². The lowest BCUT2D eigenvalue weighted by atomic mass is 10.4. The number of rotatable bonds is 3. The van der Waals surface area contributed by atoms with Crippen LogP contribution < -0.4 is 0 Å². The lowest BCUT2D eigenvalue weighted by Crippen LogP contribution is -1.84. The molecule has 0 fully saturated rings. The van der Waals surface area contributed by atoms with E-state index in [1.807, 2.05) is 0 Å². The van der Waals surface area contributed by atoms with Gasteiger partial charge in [0, 0.05) is 6.08 Å². The first-order valence-corrected chi connectivity index (χ1v) is 3.40. The molecule has 0 aliphatic heterocycles. The van der Waals surface area contributed by atoms with Crippen LogP contribution in [-0.4, -0.2) is 11.1 Å². The highest BCUT2D eigenvalue weighted by Crippen LogP contribution is 2.01. The van der Waals surface area contributed by atoms with Crippen LogP contribution in [0.1, 0.15) is 5.76 Å². The van der Waals surface area contributed by atoms with Gasteiger partial charge in [0.1, 0.15) is 5.76 Å². The second-order valence-corrected chi connectivity index (χ2v) is 2.07. The lowest BCUT2D eigenvalue weighted by molar-refractivity contribution is -0.131. The highest BCUT2D eigenvalue weighted by Gasteiger charge is 1.85. The Bertz CT molecular complexity index is 294. The van der Waals surface area contributed by atoms with E-state index < -0.39 is 5.97 Å². The molecule has 1 aromatic heterocycles. The Labute approximate surface area is 69.6 Å². The summed E-state index contributed by atoms with van der Waals surface area (Å²) in [5.74, 6) is -0.260. The fourth-order valence-electron chi connectivity index (χ4n) is 0.674. The molecule has 1 heterocycles. The largest absolute Gasteiger partial charge is 0.478 e. The molecule has 1 aromatic rings. The first kappa shape index (κ1) is 8.33. The van der Waals surface area contributed by atoms with Crippen LogP contribution in [0.25, 0.3) is 6.08 Å². The van der Waals surface area contributed by atoms with E-state index in [0.29, 0.717) is 5.76 Å². The number of carboxylic acids is 1. The van der Waals surface area contributed by atoms with Crippen LogP contribution in [0.3, 0.4) is 0 Å². The van der Waals surface area contributed by atoms with Crippen LogP contribution in [0.2, 0.25) is 0 Å². The van der Waals surface area contributed by atoms with E-state index in [1.165, 1.54) is 6.08 Å². The molecule has 0 saturated heterocycles. The number of aliphatic carboxylic acids is 1. The van der Waals surface area contributed by atoms with Crippen molar-refractivity contribution in [1.82, 2.24) is 0 Å². The quantitative estimate of drug-likeness (QED) is 0.548. The second-order valence-electron chi connectivity index (χ2n) is 2.07. The fourth-order valence-corrected chi connectivity index (χ4v) is 0.674. The van der Waals surface area contributed by atoms with E-state index in [-0.39, 0.29) is 0 Å². The van der Waals surface area contributed by atoms with Crippen molar-refractivity contribution in [3.63, 3.8) is 0 Å². The zero-order valence-corrected chi connectivity index (χ0v) is 6.31. The molecule has 0 amide bonds. The van der Waals surface area contributed by atoms with Gasteiger partial charge in [0.15, 0.2) is 0 Å². The molecule has 0 atom stereocenters. The van der Waals surface area contributed by atoms with E-state index in [0.717, 1.165) is 6.08 Å². The van der Waals surface area contributed by atoms with Gasteiger partial charge in [-0.15, -0.1) is 0 Å². The first-order chi connectivity index (χ1) is 5.79. The van der Waals surface area contributed by atoms with E-state index in [4.69, 9.17) is 9.52 Å². The highest BCUT2D eigenvalue weighted by molar-refractivity contribution is 5.80. The van der Waals surface area contributed by atoms with Gasteiger partial charge in [0.2, 0.25) is 0 Å². The van der Waals surface area contributed by atoms with Crippen molar-refractivity contribution in [2.24, 2.45) is 0 Å². The number of furan rings is 1. The van der Waals surface area contributed by atoms with Crippen LogP contribution >= 0.6 is 0 Å². The topological polar surface area (TPSA) is 50.4 Å². The predicted octanol–water partition coefficient (Wildman–Crippen LogP) is 1.93.